The molecular formula is C13H19NO4S2. The molecule has 0 bridgehead atoms. The summed E-state index contributed by atoms with van der Waals surface area (Å²) in [5, 5.41) is 0. The number of hydrogen-bond donors (Lipinski definition) is 0. The lowest BCUT2D eigenvalue weighted by molar-refractivity contribution is 0.268. The topological polar surface area (TPSA) is 71.5 Å². The fraction of sp³-hybridized carbons (Fsp3) is 0.538. The van der Waals surface area contributed by atoms with Crippen molar-refractivity contribution in [2.24, 2.45) is 0 Å². The molecule has 2 rings (SSSR count). The number of sulfonamides is 1. The maximum Gasteiger partial charge on any atom is 0.244 e. The predicted molar refractivity (Wildman–Crippen MR) is 76.8 cm³/mol. The molecule has 1 saturated heterocycles. The van der Waals surface area contributed by atoms with Gasteiger partial charge >= 0.3 is 0 Å². The van der Waals surface area contributed by atoms with E-state index in [2.05, 4.69) is 0 Å². The first-order valence-electron chi connectivity index (χ1n) is 6.55. The lowest BCUT2D eigenvalue weighted by Crippen LogP contribution is -2.42. The molecule has 0 spiro atoms. The molecule has 112 valence electrons. The molecule has 1 heterocycles. The SMILES string of the molecule is CC1CCCCN1S(=O)(=O)c1ccccc1S(C)(=O)=O. The average Bonchev–Trinajstić information content (AvgIpc) is 2.38. The van der Waals surface area contributed by atoms with Crippen LogP contribution in [0.1, 0.15) is 26.2 Å². The Bertz CT molecular complexity index is 695. The molecule has 1 fully saturated rings. The zero-order valence-electron chi connectivity index (χ0n) is 11.6. The van der Waals surface area contributed by atoms with Crippen molar-refractivity contribution in [1.82, 2.24) is 4.31 Å². The number of hydrogen-bond acceptors (Lipinski definition) is 4. The van der Waals surface area contributed by atoms with E-state index in [1.165, 1.54) is 22.5 Å². The number of benzene rings is 1. The Morgan fingerprint density at radius 1 is 1.05 bits per heavy atom. The highest BCUT2D eigenvalue weighted by Gasteiger charge is 2.33. The predicted octanol–water partition coefficient (Wildman–Crippen LogP) is 1.65. The van der Waals surface area contributed by atoms with Gasteiger partial charge in [0.25, 0.3) is 0 Å². The second kappa shape index (κ2) is 5.46. The molecule has 0 amide bonds. The van der Waals surface area contributed by atoms with E-state index in [1.807, 2.05) is 6.92 Å². The monoisotopic (exact) mass is 317 g/mol. The van der Waals surface area contributed by atoms with E-state index in [1.54, 1.807) is 6.07 Å². The molecule has 7 heteroatoms. The summed E-state index contributed by atoms with van der Waals surface area (Å²) in [4.78, 5) is -0.242. The third kappa shape index (κ3) is 2.89. The lowest BCUT2D eigenvalue weighted by Gasteiger charge is -2.32. The van der Waals surface area contributed by atoms with Crippen molar-refractivity contribution in [3.63, 3.8) is 0 Å². The summed E-state index contributed by atoms with van der Waals surface area (Å²) < 4.78 is 50.4. The molecule has 0 radical (unpaired) electrons. The number of rotatable bonds is 3. The van der Waals surface area contributed by atoms with E-state index in [-0.39, 0.29) is 15.8 Å². The number of sulfone groups is 1. The second-order valence-corrected chi connectivity index (χ2v) is 9.02. The smallest absolute Gasteiger partial charge is 0.224 e. The molecule has 1 aliphatic heterocycles. The fourth-order valence-corrected chi connectivity index (χ4v) is 5.83. The summed E-state index contributed by atoms with van der Waals surface area (Å²) in [6, 6.07) is 5.70. The standard InChI is InChI=1S/C13H19NO4S2/c1-11-7-5-6-10-14(11)20(17,18)13-9-4-3-8-12(13)19(2,15)16/h3-4,8-9,11H,5-7,10H2,1-2H3. The molecule has 20 heavy (non-hydrogen) atoms. The van der Waals surface area contributed by atoms with Gasteiger partial charge in [-0.3, -0.25) is 0 Å². The van der Waals surface area contributed by atoms with Crippen LogP contribution in [0.15, 0.2) is 34.1 Å². The van der Waals surface area contributed by atoms with Crippen LogP contribution < -0.4 is 0 Å². The van der Waals surface area contributed by atoms with Crippen molar-refractivity contribution in [2.75, 3.05) is 12.8 Å². The second-order valence-electron chi connectivity index (χ2n) is 5.18. The molecule has 1 aromatic rings. The van der Waals surface area contributed by atoms with Crippen LogP contribution in [0.2, 0.25) is 0 Å². The zero-order chi connectivity index (χ0) is 15.0. The molecule has 5 nitrogen and oxygen atoms in total. The third-order valence-electron chi connectivity index (χ3n) is 3.58. The highest BCUT2D eigenvalue weighted by Crippen LogP contribution is 2.28. The molecule has 0 N–H and O–H groups in total. The van der Waals surface area contributed by atoms with Gasteiger partial charge in [-0.25, -0.2) is 16.8 Å². The van der Waals surface area contributed by atoms with Gasteiger partial charge in [0.15, 0.2) is 9.84 Å². The highest BCUT2D eigenvalue weighted by atomic mass is 32.2. The van der Waals surface area contributed by atoms with Gasteiger partial charge in [0, 0.05) is 18.8 Å². The normalized spacial score (nSPS) is 21.8. The minimum Gasteiger partial charge on any atom is -0.224 e. The maximum atomic E-state index is 12.7. The Kier molecular flexibility index (Phi) is 4.22. The molecule has 1 atom stereocenters. The summed E-state index contributed by atoms with van der Waals surface area (Å²) in [5.41, 5.74) is 0. The molecule has 0 aromatic heterocycles. The number of nitrogens with zero attached hydrogens (tertiary/aromatic N) is 1. The molecule has 1 aliphatic rings. The van der Waals surface area contributed by atoms with E-state index in [9.17, 15) is 16.8 Å². The van der Waals surface area contributed by atoms with Crippen molar-refractivity contribution in [3.8, 4) is 0 Å². The quantitative estimate of drug-likeness (QED) is 0.850. The van der Waals surface area contributed by atoms with Crippen LogP contribution in [0.25, 0.3) is 0 Å². The van der Waals surface area contributed by atoms with Gasteiger partial charge in [-0.05, 0) is 31.9 Å². The van der Waals surface area contributed by atoms with Gasteiger partial charge in [0.2, 0.25) is 10.0 Å². The van der Waals surface area contributed by atoms with Crippen molar-refractivity contribution in [3.05, 3.63) is 24.3 Å². The van der Waals surface area contributed by atoms with E-state index >= 15 is 0 Å². The summed E-state index contributed by atoms with van der Waals surface area (Å²) in [6.45, 7) is 2.31. The molecule has 1 unspecified atom stereocenters. The van der Waals surface area contributed by atoms with Gasteiger partial charge in [0.1, 0.15) is 4.90 Å². The van der Waals surface area contributed by atoms with Crippen LogP contribution >= 0.6 is 0 Å². The third-order valence-corrected chi connectivity index (χ3v) is 6.93. The molecular weight excluding hydrogens is 298 g/mol. The fourth-order valence-electron chi connectivity index (χ4n) is 2.52. The first kappa shape index (κ1) is 15.5. The number of piperidine rings is 1. The zero-order valence-corrected chi connectivity index (χ0v) is 13.2. The van der Waals surface area contributed by atoms with Gasteiger partial charge in [-0.15, -0.1) is 0 Å². The Morgan fingerprint density at radius 2 is 1.65 bits per heavy atom. The Hall–Kier alpha value is -0.920. The summed E-state index contributed by atoms with van der Waals surface area (Å²) in [7, 11) is -7.35. The van der Waals surface area contributed by atoms with Crippen molar-refractivity contribution >= 4 is 19.9 Å². The first-order chi connectivity index (χ1) is 9.24. The van der Waals surface area contributed by atoms with Crippen LogP contribution in [-0.2, 0) is 19.9 Å². The summed E-state index contributed by atoms with van der Waals surface area (Å²) >= 11 is 0. The average molecular weight is 317 g/mol. The van der Waals surface area contributed by atoms with Gasteiger partial charge in [-0.1, -0.05) is 18.6 Å². The molecule has 0 saturated carbocycles. The highest BCUT2D eigenvalue weighted by molar-refractivity contribution is 7.93. The minimum atomic E-state index is -3.77. The largest absolute Gasteiger partial charge is 0.244 e. The van der Waals surface area contributed by atoms with Crippen LogP contribution in [-0.4, -0.2) is 40.0 Å². The van der Waals surface area contributed by atoms with E-state index < -0.39 is 19.9 Å². The van der Waals surface area contributed by atoms with Gasteiger partial charge < -0.3 is 0 Å². The molecule has 1 aromatic carbocycles. The van der Waals surface area contributed by atoms with Crippen molar-refractivity contribution in [2.45, 2.75) is 42.0 Å². The van der Waals surface area contributed by atoms with Crippen LogP contribution in [0.4, 0.5) is 0 Å². The summed E-state index contributed by atoms with van der Waals surface area (Å²) in [5.74, 6) is 0. The maximum absolute atomic E-state index is 12.7. The first-order valence-corrected chi connectivity index (χ1v) is 9.88. The lowest BCUT2D eigenvalue weighted by atomic mass is 10.1. The van der Waals surface area contributed by atoms with Crippen LogP contribution in [0.5, 0.6) is 0 Å². The Morgan fingerprint density at radius 3 is 2.20 bits per heavy atom. The van der Waals surface area contributed by atoms with E-state index in [0.29, 0.717) is 6.54 Å². The Balaban J connectivity index is 2.55. The van der Waals surface area contributed by atoms with Crippen LogP contribution in [0.3, 0.4) is 0 Å². The van der Waals surface area contributed by atoms with E-state index in [4.69, 9.17) is 0 Å². The minimum absolute atomic E-state index is 0.0960. The van der Waals surface area contributed by atoms with Crippen molar-refractivity contribution in [1.29, 1.82) is 0 Å². The van der Waals surface area contributed by atoms with Gasteiger partial charge in [-0.2, -0.15) is 4.31 Å². The Labute approximate surface area is 120 Å². The van der Waals surface area contributed by atoms with Gasteiger partial charge in [0.05, 0.1) is 4.90 Å². The van der Waals surface area contributed by atoms with E-state index in [0.717, 1.165) is 25.5 Å². The van der Waals surface area contributed by atoms with Crippen LogP contribution in [0, 0.1) is 0 Å². The summed E-state index contributed by atoms with van der Waals surface area (Å²) in [6.07, 6.45) is 3.65. The van der Waals surface area contributed by atoms with Crippen molar-refractivity contribution < 1.29 is 16.8 Å². The molecule has 0 aliphatic carbocycles.